The van der Waals surface area contributed by atoms with Gasteiger partial charge >= 0.3 is 5.97 Å². The molecule has 0 radical (unpaired) electrons. The number of aliphatic carboxylic acids is 1. The van der Waals surface area contributed by atoms with E-state index >= 15 is 0 Å². The Morgan fingerprint density at radius 1 is 1.39 bits per heavy atom. The number of carboxylic acids is 1. The topological polar surface area (TPSA) is 66.8 Å². The number of carbonyl (C=O) groups is 2. The Balaban J connectivity index is 2.00. The zero-order valence-electron chi connectivity index (χ0n) is 12.8. The maximum Gasteiger partial charge on any atom is 0.305 e. The summed E-state index contributed by atoms with van der Waals surface area (Å²) in [4.78, 5) is 24.7. The fourth-order valence-corrected chi connectivity index (χ4v) is 2.87. The molecule has 5 nitrogen and oxygen atoms in total. The monoisotopic (exact) mass is 327 g/mol. The number of carbonyl (C=O) groups excluding carboxylic acids is 1. The van der Waals surface area contributed by atoms with Gasteiger partial charge in [-0.25, -0.2) is 8.78 Å². The lowest BCUT2D eigenvalue weighted by atomic mass is 10.1. The number of methoxy groups -OCH3 is 1. The summed E-state index contributed by atoms with van der Waals surface area (Å²) in [5.74, 6) is -3.15. The van der Waals surface area contributed by atoms with Crippen molar-refractivity contribution in [2.75, 3.05) is 13.7 Å². The SMILES string of the molecule is COC1CC(CC(=O)O)N(C(=O)CCc2cccc(F)c2F)C1. The number of hydrogen-bond donors (Lipinski definition) is 1. The van der Waals surface area contributed by atoms with Crippen molar-refractivity contribution in [3.63, 3.8) is 0 Å². The second-order valence-electron chi connectivity index (χ2n) is 5.60. The third-order valence-electron chi connectivity index (χ3n) is 4.08. The first-order chi connectivity index (χ1) is 10.9. The predicted octanol–water partition coefficient (Wildman–Crippen LogP) is 1.99. The van der Waals surface area contributed by atoms with E-state index in [0.717, 1.165) is 6.07 Å². The van der Waals surface area contributed by atoms with E-state index in [9.17, 15) is 18.4 Å². The number of halogens is 2. The Labute approximate surface area is 132 Å². The predicted molar refractivity (Wildman–Crippen MR) is 77.8 cm³/mol. The first-order valence-electron chi connectivity index (χ1n) is 7.39. The van der Waals surface area contributed by atoms with Crippen LogP contribution >= 0.6 is 0 Å². The van der Waals surface area contributed by atoms with Gasteiger partial charge in [0.15, 0.2) is 11.6 Å². The Bertz CT molecular complexity index is 593. The lowest BCUT2D eigenvalue weighted by molar-refractivity contribution is -0.139. The molecule has 1 aliphatic rings. The fraction of sp³-hybridized carbons (Fsp3) is 0.500. The van der Waals surface area contributed by atoms with Crippen molar-refractivity contribution in [1.82, 2.24) is 4.90 Å². The Hall–Kier alpha value is -2.02. The maximum absolute atomic E-state index is 13.6. The molecule has 1 fully saturated rings. The van der Waals surface area contributed by atoms with E-state index in [1.165, 1.54) is 24.1 Å². The molecule has 1 heterocycles. The molecular formula is C16H19F2NO4. The molecule has 0 aromatic heterocycles. The van der Waals surface area contributed by atoms with Gasteiger partial charge in [-0.1, -0.05) is 12.1 Å². The highest BCUT2D eigenvalue weighted by molar-refractivity contribution is 5.78. The first kappa shape index (κ1) is 17.3. The molecule has 1 aromatic rings. The highest BCUT2D eigenvalue weighted by Gasteiger charge is 2.36. The van der Waals surface area contributed by atoms with Crippen LogP contribution in [0.15, 0.2) is 18.2 Å². The number of aryl methyl sites for hydroxylation is 1. The number of hydrogen-bond acceptors (Lipinski definition) is 3. The van der Waals surface area contributed by atoms with Crippen molar-refractivity contribution >= 4 is 11.9 Å². The molecule has 0 spiro atoms. The van der Waals surface area contributed by atoms with Crippen molar-refractivity contribution < 1.29 is 28.2 Å². The molecule has 2 rings (SSSR count). The zero-order chi connectivity index (χ0) is 17.0. The van der Waals surface area contributed by atoms with Gasteiger partial charge < -0.3 is 14.7 Å². The largest absolute Gasteiger partial charge is 0.481 e. The average molecular weight is 327 g/mol. The first-order valence-corrected chi connectivity index (χ1v) is 7.39. The molecule has 2 atom stereocenters. The average Bonchev–Trinajstić information content (AvgIpc) is 2.90. The normalized spacial score (nSPS) is 20.7. The molecule has 0 saturated carbocycles. The number of nitrogens with zero attached hydrogens (tertiary/aromatic N) is 1. The molecule has 1 aliphatic heterocycles. The second kappa shape index (κ2) is 7.50. The van der Waals surface area contributed by atoms with E-state index in [1.54, 1.807) is 0 Å². The molecule has 0 aliphatic carbocycles. The quantitative estimate of drug-likeness (QED) is 0.868. The smallest absolute Gasteiger partial charge is 0.305 e. The van der Waals surface area contributed by atoms with Gasteiger partial charge in [0.2, 0.25) is 5.91 Å². The Morgan fingerprint density at radius 2 is 2.13 bits per heavy atom. The standard InChI is InChI=1S/C16H19F2NO4/c1-23-12-7-11(8-15(21)22)19(9-12)14(20)6-5-10-3-2-4-13(17)16(10)18/h2-4,11-12H,5-9H2,1H3,(H,21,22). The molecule has 1 amide bonds. The van der Waals surface area contributed by atoms with Crippen molar-refractivity contribution in [3.05, 3.63) is 35.4 Å². The number of ether oxygens (including phenoxy) is 1. The summed E-state index contributed by atoms with van der Waals surface area (Å²) in [7, 11) is 1.51. The lowest BCUT2D eigenvalue weighted by Gasteiger charge is -2.23. The van der Waals surface area contributed by atoms with Crippen molar-refractivity contribution in [2.45, 2.75) is 37.8 Å². The summed E-state index contributed by atoms with van der Waals surface area (Å²) in [5, 5.41) is 8.94. The van der Waals surface area contributed by atoms with E-state index in [-0.39, 0.29) is 36.8 Å². The van der Waals surface area contributed by atoms with E-state index in [0.29, 0.717) is 13.0 Å². The van der Waals surface area contributed by atoms with Crippen molar-refractivity contribution in [2.24, 2.45) is 0 Å². The van der Waals surface area contributed by atoms with Crippen LogP contribution < -0.4 is 0 Å². The van der Waals surface area contributed by atoms with Gasteiger partial charge in [0, 0.05) is 26.1 Å². The number of rotatable bonds is 6. The summed E-state index contributed by atoms with van der Waals surface area (Å²) in [6.07, 6.45) is 0.167. The van der Waals surface area contributed by atoms with Gasteiger partial charge in [-0.15, -0.1) is 0 Å². The van der Waals surface area contributed by atoms with Crippen LogP contribution in [-0.4, -0.2) is 47.7 Å². The Kier molecular flexibility index (Phi) is 5.65. The van der Waals surface area contributed by atoms with Crippen LogP contribution in [0.25, 0.3) is 0 Å². The molecule has 1 aromatic carbocycles. The van der Waals surface area contributed by atoms with Crippen LogP contribution in [0, 0.1) is 11.6 Å². The van der Waals surface area contributed by atoms with Crippen LogP contribution in [0.3, 0.4) is 0 Å². The van der Waals surface area contributed by atoms with E-state index < -0.39 is 23.6 Å². The van der Waals surface area contributed by atoms with Crippen LogP contribution in [0.4, 0.5) is 8.78 Å². The minimum Gasteiger partial charge on any atom is -0.481 e. The van der Waals surface area contributed by atoms with Gasteiger partial charge in [-0.05, 0) is 24.5 Å². The number of benzene rings is 1. The fourth-order valence-electron chi connectivity index (χ4n) is 2.87. The van der Waals surface area contributed by atoms with E-state index in [4.69, 9.17) is 9.84 Å². The number of likely N-dealkylation sites (tertiary alicyclic amines) is 1. The van der Waals surface area contributed by atoms with Crippen molar-refractivity contribution in [1.29, 1.82) is 0 Å². The molecule has 0 bridgehead atoms. The molecular weight excluding hydrogens is 308 g/mol. The summed E-state index contributed by atoms with van der Waals surface area (Å²) in [6.45, 7) is 0.318. The molecule has 23 heavy (non-hydrogen) atoms. The van der Waals surface area contributed by atoms with Gasteiger partial charge in [-0.2, -0.15) is 0 Å². The van der Waals surface area contributed by atoms with E-state index in [2.05, 4.69) is 0 Å². The maximum atomic E-state index is 13.6. The van der Waals surface area contributed by atoms with Crippen LogP contribution in [0.2, 0.25) is 0 Å². The Morgan fingerprint density at radius 3 is 2.78 bits per heavy atom. The minimum atomic E-state index is -0.985. The number of amides is 1. The second-order valence-corrected chi connectivity index (χ2v) is 5.60. The molecule has 7 heteroatoms. The van der Waals surface area contributed by atoms with Crippen LogP contribution in [0.5, 0.6) is 0 Å². The highest BCUT2D eigenvalue weighted by atomic mass is 19.2. The van der Waals surface area contributed by atoms with E-state index in [1.807, 2.05) is 0 Å². The minimum absolute atomic E-state index is 0.00702. The molecule has 2 unspecified atom stereocenters. The summed E-state index contributed by atoms with van der Waals surface area (Å²) >= 11 is 0. The zero-order valence-corrected chi connectivity index (χ0v) is 12.8. The van der Waals surface area contributed by atoms with Gasteiger partial charge in [0.25, 0.3) is 0 Å². The molecule has 126 valence electrons. The highest BCUT2D eigenvalue weighted by Crippen LogP contribution is 2.24. The molecule has 1 saturated heterocycles. The van der Waals surface area contributed by atoms with Crippen LogP contribution in [-0.2, 0) is 20.7 Å². The van der Waals surface area contributed by atoms with Gasteiger partial charge in [-0.3, -0.25) is 9.59 Å². The summed E-state index contributed by atoms with van der Waals surface area (Å²) in [6, 6.07) is 3.42. The third kappa shape index (κ3) is 4.25. The number of carboxylic acid groups (broad SMARTS) is 1. The lowest BCUT2D eigenvalue weighted by Crippen LogP contribution is -2.37. The van der Waals surface area contributed by atoms with Crippen LogP contribution in [0.1, 0.15) is 24.8 Å². The van der Waals surface area contributed by atoms with Crippen molar-refractivity contribution in [3.8, 4) is 0 Å². The summed E-state index contributed by atoms with van der Waals surface area (Å²) in [5.41, 5.74) is 0.135. The van der Waals surface area contributed by atoms with Gasteiger partial charge in [0.05, 0.1) is 12.5 Å². The van der Waals surface area contributed by atoms with Gasteiger partial charge in [0.1, 0.15) is 0 Å². The summed E-state index contributed by atoms with van der Waals surface area (Å²) < 4.78 is 32.0. The molecule has 1 N–H and O–H groups in total. The third-order valence-corrected chi connectivity index (χ3v) is 4.08.